The molecule has 0 spiro atoms. The highest BCUT2D eigenvalue weighted by molar-refractivity contribution is 5.92. The maximum absolute atomic E-state index is 13.1. The van der Waals surface area contributed by atoms with Gasteiger partial charge in [0.05, 0.1) is 6.54 Å². The minimum absolute atomic E-state index is 0.115. The molecule has 1 atom stereocenters. The van der Waals surface area contributed by atoms with E-state index in [2.05, 4.69) is 10.2 Å². The normalized spacial score (nSPS) is 20.4. The second kappa shape index (κ2) is 7.36. The van der Waals surface area contributed by atoms with Crippen molar-refractivity contribution in [2.75, 3.05) is 25.0 Å². The van der Waals surface area contributed by atoms with Crippen LogP contribution in [0.1, 0.15) is 25.7 Å². The van der Waals surface area contributed by atoms with Gasteiger partial charge in [-0.3, -0.25) is 9.69 Å². The Morgan fingerprint density at radius 1 is 1.40 bits per heavy atom. The fraction of sp³-hybridized carbons (Fsp3) is 0.533. The van der Waals surface area contributed by atoms with Gasteiger partial charge in [-0.05, 0) is 37.6 Å². The van der Waals surface area contributed by atoms with E-state index in [0.717, 1.165) is 19.4 Å². The number of carbonyl (C=O) groups excluding carboxylic acids is 1. The van der Waals surface area contributed by atoms with Crippen LogP contribution in [-0.2, 0) is 4.79 Å². The summed E-state index contributed by atoms with van der Waals surface area (Å²) in [4.78, 5) is 14.2. The van der Waals surface area contributed by atoms with Crippen molar-refractivity contribution in [1.82, 2.24) is 4.90 Å². The molecule has 20 heavy (non-hydrogen) atoms. The molecule has 1 unspecified atom stereocenters. The van der Waals surface area contributed by atoms with E-state index in [-0.39, 0.29) is 17.8 Å². The summed E-state index contributed by atoms with van der Waals surface area (Å²) in [6, 6.07) is 6.22. The Morgan fingerprint density at radius 3 is 3.00 bits per heavy atom. The van der Waals surface area contributed by atoms with E-state index in [1.165, 1.54) is 25.0 Å². The summed E-state index contributed by atoms with van der Waals surface area (Å²) in [7, 11) is 0. The summed E-state index contributed by atoms with van der Waals surface area (Å²) in [6.07, 6.45) is 4.51. The number of rotatable bonds is 4. The number of anilines is 1. The van der Waals surface area contributed by atoms with Crippen molar-refractivity contribution in [3.63, 3.8) is 0 Å². The number of nitrogens with zero attached hydrogens (tertiary/aromatic N) is 1. The van der Waals surface area contributed by atoms with Gasteiger partial charge in [-0.15, -0.1) is 0 Å². The molecular weight excluding hydrogens is 257 g/mol. The predicted octanol–water partition coefficient (Wildman–Crippen LogP) is 1.97. The molecule has 2 rings (SSSR count). The van der Waals surface area contributed by atoms with Crippen LogP contribution in [0.15, 0.2) is 24.3 Å². The summed E-state index contributed by atoms with van der Waals surface area (Å²) in [6.45, 7) is 1.80. The Labute approximate surface area is 119 Å². The molecule has 3 N–H and O–H groups in total. The second-order valence-electron chi connectivity index (χ2n) is 5.27. The quantitative estimate of drug-likeness (QED) is 0.886. The number of nitrogens with two attached hydrogens (primary N) is 1. The Bertz CT molecular complexity index is 452. The zero-order valence-corrected chi connectivity index (χ0v) is 11.6. The number of hydrogen-bond donors (Lipinski definition) is 2. The lowest BCUT2D eigenvalue weighted by Crippen LogP contribution is -2.44. The third-order valence-corrected chi connectivity index (χ3v) is 3.73. The van der Waals surface area contributed by atoms with Gasteiger partial charge in [0.15, 0.2) is 0 Å². The van der Waals surface area contributed by atoms with E-state index in [4.69, 9.17) is 5.73 Å². The third-order valence-electron chi connectivity index (χ3n) is 3.73. The molecule has 4 nitrogen and oxygen atoms in total. The van der Waals surface area contributed by atoms with Gasteiger partial charge in [-0.2, -0.15) is 0 Å². The molecule has 110 valence electrons. The Balaban J connectivity index is 1.92. The lowest BCUT2D eigenvalue weighted by atomic mass is 10.1. The molecule has 1 aliphatic rings. The minimum atomic E-state index is -0.350. The van der Waals surface area contributed by atoms with Crippen LogP contribution in [0.3, 0.4) is 0 Å². The monoisotopic (exact) mass is 279 g/mol. The molecule has 1 amide bonds. The maximum atomic E-state index is 13.1. The summed E-state index contributed by atoms with van der Waals surface area (Å²) in [5.74, 6) is -0.464. The molecule has 0 aromatic heterocycles. The zero-order chi connectivity index (χ0) is 14.4. The number of carbonyl (C=O) groups is 1. The molecule has 1 saturated heterocycles. The fourth-order valence-corrected chi connectivity index (χ4v) is 2.66. The van der Waals surface area contributed by atoms with Crippen LogP contribution >= 0.6 is 0 Å². The van der Waals surface area contributed by atoms with E-state index in [1.807, 2.05) is 0 Å². The standard InChI is InChI=1S/C15H22FN3O/c16-12-5-4-6-13(9-12)18-15(20)11-19-8-3-1-2-7-14(19)10-17/h4-6,9,14H,1-3,7-8,10-11,17H2,(H,18,20). The van der Waals surface area contributed by atoms with Crippen LogP contribution in [-0.4, -0.2) is 36.5 Å². The van der Waals surface area contributed by atoms with E-state index < -0.39 is 0 Å². The van der Waals surface area contributed by atoms with Crippen LogP contribution in [0, 0.1) is 5.82 Å². The average Bonchev–Trinajstić information content (AvgIpc) is 2.63. The van der Waals surface area contributed by atoms with Crippen molar-refractivity contribution in [2.24, 2.45) is 5.73 Å². The van der Waals surface area contributed by atoms with E-state index in [9.17, 15) is 9.18 Å². The molecule has 0 saturated carbocycles. The Hall–Kier alpha value is -1.46. The van der Waals surface area contributed by atoms with E-state index in [0.29, 0.717) is 18.8 Å². The molecule has 0 radical (unpaired) electrons. The fourth-order valence-electron chi connectivity index (χ4n) is 2.66. The SMILES string of the molecule is NCC1CCCCCN1CC(=O)Nc1cccc(F)c1. The molecule has 5 heteroatoms. The largest absolute Gasteiger partial charge is 0.329 e. The van der Waals surface area contributed by atoms with Crippen molar-refractivity contribution in [3.05, 3.63) is 30.1 Å². The summed E-state index contributed by atoms with van der Waals surface area (Å²) in [5.41, 5.74) is 6.28. The van der Waals surface area contributed by atoms with Gasteiger partial charge < -0.3 is 11.1 Å². The average molecular weight is 279 g/mol. The number of benzene rings is 1. The van der Waals surface area contributed by atoms with Gasteiger partial charge in [-0.25, -0.2) is 4.39 Å². The van der Waals surface area contributed by atoms with Crippen molar-refractivity contribution in [3.8, 4) is 0 Å². The number of hydrogen-bond acceptors (Lipinski definition) is 3. The van der Waals surface area contributed by atoms with Gasteiger partial charge in [0.1, 0.15) is 5.82 Å². The van der Waals surface area contributed by atoms with Crippen LogP contribution in [0.25, 0.3) is 0 Å². The summed E-state index contributed by atoms with van der Waals surface area (Å²) in [5, 5.41) is 2.73. The van der Waals surface area contributed by atoms with E-state index >= 15 is 0 Å². The number of likely N-dealkylation sites (tertiary alicyclic amines) is 1. The minimum Gasteiger partial charge on any atom is -0.329 e. The number of amides is 1. The maximum Gasteiger partial charge on any atom is 0.238 e. The highest BCUT2D eigenvalue weighted by atomic mass is 19.1. The molecule has 1 heterocycles. The highest BCUT2D eigenvalue weighted by Crippen LogP contribution is 2.16. The number of nitrogens with one attached hydrogen (secondary N) is 1. The lowest BCUT2D eigenvalue weighted by molar-refractivity contribution is -0.117. The van der Waals surface area contributed by atoms with Crippen molar-refractivity contribution in [1.29, 1.82) is 0 Å². The van der Waals surface area contributed by atoms with Gasteiger partial charge in [0, 0.05) is 18.3 Å². The Kier molecular flexibility index (Phi) is 5.49. The zero-order valence-electron chi connectivity index (χ0n) is 11.6. The predicted molar refractivity (Wildman–Crippen MR) is 77.9 cm³/mol. The lowest BCUT2D eigenvalue weighted by Gasteiger charge is -2.28. The van der Waals surface area contributed by atoms with E-state index in [1.54, 1.807) is 12.1 Å². The van der Waals surface area contributed by atoms with Crippen molar-refractivity contribution in [2.45, 2.75) is 31.7 Å². The molecular formula is C15H22FN3O. The van der Waals surface area contributed by atoms with Gasteiger partial charge in [0.25, 0.3) is 0 Å². The smallest absolute Gasteiger partial charge is 0.238 e. The van der Waals surface area contributed by atoms with Crippen LogP contribution < -0.4 is 11.1 Å². The Morgan fingerprint density at radius 2 is 2.25 bits per heavy atom. The van der Waals surface area contributed by atoms with Crippen molar-refractivity contribution < 1.29 is 9.18 Å². The number of halogens is 1. The summed E-state index contributed by atoms with van der Waals surface area (Å²) >= 11 is 0. The molecule has 1 fully saturated rings. The highest BCUT2D eigenvalue weighted by Gasteiger charge is 2.21. The first kappa shape index (κ1) is 14.9. The third kappa shape index (κ3) is 4.28. The second-order valence-corrected chi connectivity index (χ2v) is 5.27. The van der Waals surface area contributed by atoms with Gasteiger partial charge >= 0.3 is 0 Å². The van der Waals surface area contributed by atoms with Crippen molar-refractivity contribution >= 4 is 11.6 Å². The molecule has 1 aromatic carbocycles. The van der Waals surface area contributed by atoms with Gasteiger partial charge in [-0.1, -0.05) is 18.9 Å². The summed E-state index contributed by atoms with van der Waals surface area (Å²) < 4.78 is 13.1. The first-order chi connectivity index (χ1) is 9.69. The van der Waals surface area contributed by atoms with Crippen LogP contribution in [0.4, 0.5) is 10.1 Å². The van der Waals surface area contributed by atoms with Gasteiger partial charge in [0.2, 0.25) is 5.91 Å². The molecule has 1 aromatic rings. The molecule has 0 aliphatic carbocycles. The topological polar surface area (TPSA) is 58.4 Å². The molecule has 0 bridgehead atoms. The van der Waals surface area contributed by atoms with Crippen LogP contribution in [0.5, 0.6) is 0 Å². The molecule has 1 aliphatic heterocycles. The first-order valence-corrected chi connectivity index (χ1v) is 7.18. The van der Waals surface area contributed by atoms with Crippen LogP contribution in [0.2, 0.25) is 0 Å². The first-order valence-electron chi connectivity index (χ1n) is 7.18.